The van der Waals surface area contributed by atoms with Crippen molar-refractivity contribution in [1.29, 1.82) is 0 Å². The molecule has 0 unspecified atom stereocenters. The van der Waals surface area contributed by atoms with Crippen molar-refractivity contribution in [3.05, 3.63) is 54.1 Å². The molecule has 10 heteroatoms. The van der Waals surface area contributed by atoms with Crippen LogP contribution >= 0.6 is 0 Å². The molecule has 1 atom stereocenters. The number of benzene rings is 2. The Balaban J connectivity index is 2.15. The van der Waals surface area contributed by atoms with Gasteiger partial charge in [0.05, 0.1) is 29.5 Å². The van der Waals surface area contributed by atoms with Crippen molar-refractivity contribution in [2.45, 2.75) is 24.8 Å². The normalized spacial score (nSPS) is 12.8. The summed E-state index contributed by atoms with van der Waals surface area (Å²) in [6.07, 6.45) is 2.15. The third kappa shape index (κ3) is 6.46. The molecule has 164 valence electrons. The Labute approximate surface area is 177 Å². The average Bonchev–Trinajstić information content (AvgIpc) is 2.65. The molecular weight excluding hydrogens is 428 g/mol. The molecule has 8 nitrogen and oxygen atoms in total. The summed E-state index contributed by atoms with van der Waals surface area (Å²) in [5.41, 5.74) is 1.02. The second kappa shape index (κ2) is 9.48. The summed E-state index contributed by atoms with van der Waals surface area (Å²) < 4.78 is 54.1. The van der Waals surface area contributed by atoms with E-state index < -0.39 is 38.4 Å². The van der Waals surface area contributed by atoms with Gasteiger partial charge >= 0.3 is 0 Å². The van der Waals surface area contributed by atoms with Crippen molar-refractivity contribution in [3.8, 4) is 5.75 Å². The minimum atomic E-state index is -3.72. The zero-order valence-corrected chi connectivity index (χ0v) is 19.0. The highest BCUT2D eigenvalue weighted by Gasteiger charge is 2.22. The van der Waals surface area contributed by atoms with E-state index in [4.69, 9.17) is 4.74 Å². The lowest BCUT2D eigenvalue weighted by atomic mass is 10.1. The first-order valence-electron chi connectivity index (χ1n) is 9.21. The van der Waals surface area contributed by atoms with Crippen LogP contribution < -0.4 is 14.4 Å². The lowest BCUT2D eigenvalue weighted by Crippen LogP contribution is -2.41. The van der Waals surface area contributed by atoms with Crippen LogP contribution in [-0.2, 0) is 24.7 Å². The van der Waals surface area contributed by atoms with E-state index in [0.717, 1.165) is 16.8 Å². The lowest BCUT2D eigenvalue weighted by Gasteiger charge is -2.23. The number of carbonyl (C=O) groups is 1. The summed E-state index contributed by atoms with van der Waals surface area (Å²) in [7, 11) is -7.03. The summed E-state index contributed by atoms with van der Waals surface area (Å²) in [6.45, 7) is 3.57. The number of rotatable bonds is 9. The van der Waals surface area contributed by atoms with Gasteiger partial charge in [0, 0.05) is 12.3 Å². The topological polar surface area (TPSA) is 110 Å². The molecule has 0 saturated heterocycles. The van der Waals surface area contributed by atoms with E-state index in [1.807, 2.05) is 6.92 Å². The van der Waals surface area contributed by atoms with E-state index >= 15 is 0 Å². The Bertz CT molecular complexity index is 1100. The number of sulfone groups is 1. The number of ether oxygens (including phenoxy) is 1. The first kappa shape index (κ1) is 23.7. The molecule has 0 fully saturated rings. The van der Waals surface area contributed by atoms with Crippen molar-refractivity contribution in [2.75, 3.05) is 30.0 Å². The molecule has 0 aromatic heterocycles. The van der Waals surface area contributed by atoms with E-state index in [-0.39, 0.29) is 4.90 Å². The maximum absolute atomic E-state index is 12.5. The highest BCUT2D eigenvalue weighted by atomic mass is 32.2. The number of hydrogen-bond acceptors (Lipinski definition) is 6. The molecule has 1 N–H and O–H groups in total. The first-order chi connectivity index (χ1) is 13.9. The summed E-state index contributed by atoms with van der Waals surface area (Å²) in [4.78, 5) is 12.7. The first-order valence-corrected chi connectivity index (χ1v) is 13.0. The third-order valence-corrected chi connectivity index (χ3v) is 6.56. The molecule has 1 amide bonds. The Hall–Kier alpha value is -2.59. The summed E-state index contributed by atoms with van der Waals surface area (Å²) in [5, 5.41) is 2.74. The van der Waals surface area contributed by atoms with E-state index in [0.29, 0.717) is 23.6 Å². The van der Waals surface area contributed by atoms with Crippen molar-refractivity contribution in [3.63, 3.8) is 0 Å². The van der Waals surface area contributed by atoms with Crippen molar-refractivity contribution >= 4 is 31.5 Å². The largest absolute Gasteiger partial charge is 0.494 e. The van der Waals surface area contributed by atoms with Gasteiger partial charge < -0.3 is 10.1 Å². The fourth-order valence-electron chi connectivity index (χ4n) is 2.80. The molecular formula is C20H26N2O6S2. The Morgan fingerprint density at radius 3 is 2.23 bits per heavy atom. The maximum atomic E-state index is 12.5. The van der Waals surface area contributed by atoms with E-state index in [1.54, 1.807) is 43.3 Å². The van der Waals surface area contributed by atoms with Gasteiger partial charge in [-0.25, -0.2) is 16.8 Å². The van der Waals surface area contributed by atoms with E-state index in [9.17, 15) is 21.6 Å². The molecule has 0 aliphatic rings. The highest BCUT2D eigenvalue weighted by molar-refractivity contribution is 7.92. The standard InChI is InChI=1S/C20H26N2O6S2/c1-5-28-18-8-6-7-17(13-18)22(30(4,26)27)14-20(23)21-15(2)16-9-11-19(12-10-16)29(3,24)25/h6-13,15H,5,14H2,1-4H3,(H,21,23)/t15-/m1/s1. The summed E-state index contributed by atoms with van der Waals surface area (Å²) in [5.74, 6) is 0.00493. The van der Waals surface area contributed by atoms with E-state index in [2.05, 4.69) is 5.32 Å². The van der Waals surface area contributed by atoms with Gasteiger partial charge in [0.1, 0.15) is 12.3 Å². The van der Waals surface area contributed by atoms with Crippen LogP contribution in [-0.4, -0.2) is 48.4 Å². The second-order valence-electron chi connectivity index (χ2n) is 6.83. The second-order valence-corrected chi connectivity index (χ2v) is 10.8. The van der Waals surface area contributed by atoms with Crippen molar-refractivity contribution < 1.29 is 26.4 Å². The SMILES string of the molecule is CCOc1cccc(N(CC(=O)N[C@H](C)c2ccc(S(C)(=O)=O)cc2)S(C)(=O)=O)c1. The number of nitrogens with zero attached hydrogens (tertiary/aromatic N) is 1. The number of sulfonamides is 1. The fraction of sp³-hybridized carbons (Fsp3) is 0.350. The zero-order chi connectivity index (χ0) is 22.5. The van der Waals surface area contributed by atoms with Crippen LogP contribution in [0.2, 0.25) is 0 Å². The van der Waals surface area contributed by atoms with E-state index in [1.165, 1.54) is 12.1 Å². The number of hydrogen-bond donors (Lipinski definition) is 1. The Kier molecular flexibility index (Phi) is 7.49. The molecule has 0 saturated carbocycles. The predicted octanol–water partition coefficient (Wildman–Crippen LogP) is 2.13. The predicted molar refractivity (Wildman–Crippen MR) is 116 cm³/mol. The van der Waals surface area contributed by atoms with Crippen LogP contribution in [0.1, 0.15) is 25.5 Å². The Morgan fingerprint density at radius 2 is 1.70 bits per heavy atom. The molecule has 0 heterocycles. The fourth-order valence-corrected chi connectivity index (χ4v) is 4.28. The van der Waals surface area contributed by atoms with Gasteiger partial charge in [-0.05, 0) is 43.7 Å². The molecule has 0 aliphatic carbocycles. The van der Waals surface area contributed by atoms with Crippen LogP contribution in [0.5, 0.6) is 5.75 Å². The van der Waals surface area contributed by atoms with Gasteiger partial charge in [-0.1, -0.05) is 18.2 Å². The zero-order valence-electron chi connectivity index (χ0n) is 17.3. The van der Waals surface area contributed by atoms with Crippen LogP contribution in [0.4, 0.5) is 5.69 Å². The molecule has 2 aromatic rings. The molecule has 0 bridgehead atoms. The highest BCUT2D eigenvalue weighted by Crippen LogP contribution is 2.23. The summed E-state index contributed by atoms with van der Waals surface area (Å²) in [6, 6.07) is 12.2. The van der Waals surface area contributed by atoms with Crippen LogP contribution in [0.3, 0.4) is 0 Å². The van der Waals surface area contributed by atoms with Gasteiger partial charge in [-0.3, -0.25) is 9.10 Å². The van der Waals surface area contributed by atoms with Crippen molar-refractivity contribution in [2.24, 2.45) is 0 Å². The minimum Gasteiger partial charge on any atom is -0.494 e. The monoisotopic (exact) mass is 454 g/mol. The van der Waals surface area contributed by atoms with Gasteiger partial charge in [-0.15, -0.1) is 0 Å². The quantitative estimate of drug-likeness (QED) is 0.622. The van der Waals surface area contributed by atoms with Crippen LogP contribution in [0.25, 0.3) is 0 Å². The van der Waals surface area contributed by atoms with Gasteiger partial charge in [0.2, 0.25) is 15.9 Å². The lowest BCUT2D eigenvalue weighted by molar-refractivity contribution is -0.120. The molecule has 0 spiro atoms. The maximum Gasteiger partial charge on any atom is 0.241 e. The molecule has 2 rings (SSSR count). The number of carbonyl (C=O) groups excluding carboxylic acids is 1. The average molecular weight is 455 g/mol. The Morgan fingerprint density at radius 1 is 1.07 bits per heavy atom. The molecule has 0 radical (unpaired) electrons. The van der Waals surface area contributed by atoms with Gasteiger partial charge in [-0.2, -0.15) is 0 Å². The van der Waals surface area contributed by atoms with Crippen LogP contribution in [0.15, 0.2) is 53.4 Å². The molecule has 30 heavy (non-hydrogen) atoms. The van der Waals surface area contributed by atoms with Crippen molar-refractivity contribution in [1.82, 2.24) is 5.32 Å². The van der Waals surface area contributed by atoms with Gasteiger partial charge in [0.25, 0.3) is 0 Å². The van der Waals surface area contributed by atoms with Crippen LogP contribution in [0, 0.1) is 0 Å². The third-order valence-electron chi connectivity index (χ3n) is 4.29. The summed E-state index contributed by atoms with van der Waals surface area (Å²) >= 11 is 0. The number of anilines is 1. The molecule has 2 aromatic carbocycles. The smallest absolute Gasteiger partial charge is 0.241 e. The number of amides is 1. The number of nitrogens with one attached hydrogen (secondary N) is 1. The van der Waals surface area contributed by atoms with Gasteiger partial charge in [0.15, 0.2) is 9.84 Å². The molecule has 0 aliphatic heterocycles. The minimum absolute atomic E-state index is 0.183.